The van der Waals surface area contributed by atoms with Gasteiger partial charge in [0.15, 0.2) is 0 Å². The molecule has 1 amide bonds. The summed E-state index contributed by atoms with van der Waals surface area (Å²) in [5.41, 5.74) is 3.02. The number of likely N-dealkylation sites (tertiary alicyclic amines) is 1. The van der Waals surface area contributed by atoms with Crippen molar-refractivity contribution in [2.24, 2.45) is 9.81 Å². The SMILES string of the molecule is CC(C)(C)[S+]([O-])N=C1c2cc(C#N)ccc2CC12CCN(C(=O)O)CC2. The molecule has 1 saturated heterocycles. The molecule has 1 atom stereocenters. The molecule has 2 aliphatic rings. The number of nitriles is 1. The minimum atomic E-state index is -1.41. The number of hydrogen-bond donors (Lipinski definition) is 1. The van der Waals surface area contributed by atoms with Gasteiger partial charge in [-0.3, -0.25) is 0 Å². The second kappa shape index (κ2) is 6.60. The van der Waals surface area contributed by atoms with Crippen LogP contribution in [0.15, 0.2) is 22.6 Å². The summed E-state index contributed by atoms with van der Waals surface area (Å²) in [5, 5.41) is 18.5. The number of piperidine rings is 1. The average Bonchev–Trinajstić information content (AvgIpc) is 2.87. The molecule has 3 rings (SSSR count). The van der Waals surface area contributed by atoms with Crippen molar-refractivity contribution >= 4 is 23.2 Å². The number of benzene rings is 1. The maximum atomic E-state index is 12.7. The van der Waals surface area contributed by atoms with Crippen molar-refractivity contribution in [3.05, 3.63) is 34.9 Å². The van der Waals surface area contributed by atoms with Crippen LogP contribution in [0, 0.1) is 16.7 Å². The lowest BCUT2D eigenvalue weighted by Crippen LogP contribution is -2.45. The molecular weight excluding hydrogens is 350 g/mol. The van der Waals surface area contributed by atoms with Gasteiger partial charge in [-0.15, -0.1) is 0 Å². The monoisotopic (exact) mass is 373 g/mol. The van der Waals surface area contributed by atoms with Gasteiger partial charge in [-0.25, -0.2) is 4.79 Å². The molecule has 1 heterocycles. The zero-order valence-corrected chi connectivity index (χ0v) is 16.1. The van der Waals surface area contributed by atoms with Crippen molar-refractivity contribution in [2.45, 2.75) is 44.8 Å². The lowest BCUT2D eigenvalue weighted by Gasteiger charge is -2.38. The summed E-state index contributed by atoms with van der Waals surface area (Å²) in [6.45, 7) is 6.53. The highest BCUT2D eigenvalue weighted by Crippen LogP contribution is 2.46. The summed E-state index contributed by atoms with van der Waals surface area (Å²) < 4.78 is 16.9. The van der Waals surface area contributed by atoms with E-state index in [9.17, 15) is 19.7 Å². The molecular formula is C19H23N3O3S. The van der Waals surface area contributed by atoms with Gasteiger partial charge in [0.05, 0.1) is 11.6 Å². The quantitative estimate of drug-likeness (QED) is 0.764. The molecule has 7 heteroatoms. The molecule has 1 N–H and O–H groups in total. The normalized spacial score (nSPS) is 21.5. The highest BCUT2D eigenvalue weighted by molar-refractivity contribution is 7.91. The summed E-state index contributed by atoms with van der Waals surface area (Å²) in [6, 6.07) is 7.72. The fraction of sp³-hybridized carbons (Fsp3) is 0.526. The van der Waals surface area contributed by atoms with Gasteiger partial charge in [-0.05, 0) is 57.7 Å². The first kappa shape index (κ1) is 18.7. The fourth-order valence-electron chi connectivity index (χ4n) is 3.66. The van der Waals surface area contributed by atoms with E-state index >= 15 is 0 Å². The van der Waals surface area contributed by atoms with E-state index in [0.717, 1.165) is 23.3 Å². The van der Waals surface area contributed by atoms with E-state index in [1.807, 2.05) is 32.9 Å². The second-order valence-corrected chi connectivity index (χ2v) is 9.92. The van der Waals surface area contributed by atoms with Crippen LogP contribution in [-0.2, 0) is 17.8 Å². The van der Waals surface area contributed by atoms with Gasteiger partial charge in [0.25, 0.3) is 0 Å². The number of hydrogen-bond acceptors (Lipinski definition) is 4. The third-order valence-electron chi connectivity index (χ3n) is 5.21. The Balaban J connectivity index is 2.04. The van der Waals surface area contributed by atoms with Crippen molar-refractivity contribution in [1.82, 2.24) is 4.90 Å². The van der Waals surface area contributed by atoms with E-state index < -0.39 is 22.2 Å². The third-order valence-corrected chi connectivity index (χ3v) is 6.61. The van der Waals surface area contributed by atoms with Gasteiger partial charge in [-0.2, -0.15) is 5.26 Å². The van der Waals surface area contributed by atoms with Gasteiger partial charge >= 0.3 is 6.09 Å². The Hall–Kier alpha value is -2.04. The van der Waals surface area contributed by atoms with Crippen LogP contribution >= 0.6 is 0 Å². The highest BCUT2D eigenvalue weighted by Gasteiger charge is 2.48. The van der Waals surface area contributed by atoms with E-state index in [4.69, 9.17) is 0 Å². The Morgan fingerprint density at radius 1 is 1.38 bits per heavy atom. The number of amides is 1. The summed E-state index contributed by atoms with van der Waals surface area (Å²) in [4.78, 5) is 12.7. The molecule has 0 aromatic heterocycles. The van der Waals surface area contributed by atoms with Crippen LogP contribution in [0.2, 0.25) is 0 Å². The summed E-state index contributed by atoms with van der Waals surface area (Å²) in [6.07, 6.45) is 1.15. The summed E-state index contributed by atoms with van der Waals surface area (Å²) >= 11 is -1.41. The first-order valence-electron chi connectivity index (χ1n) is 8.69. The van der Waals surface area contributed by atoms with Crippen molar-refractivity contribution in [3.8, 4) is 6.07 Å². The number of carboxylic acid groups (broad SMARTS) is 1. The molecule has 1 fully saturated rings. The van der Waals surface area contributed by atoms with Crippen LogP contribution in [0.5, 0.6) is 0 Å². The fourth-order valence-corrected chi connectivity index (χ4v) is 4.39. The highest BCUT2D eigenvalue weighted by atomic mass is 32.2. The van der Waals surface area contributed by atoms with Gasteiger partial charge in [0, 0.05) is 24.1 Å². The first-order chi connectivity index (χ1) is 12.2. The Labute approximate surface area is 156 Å². The van der Waals surface area contributed by atoms with Crippen LogP contribution in [-0.4, -0.2) is 44.2 Å². The molecule has 0 bridgehead atoms. The van der Waals surface area contributed by atoms with Crippen molar-refractivity contribution < 1.29 is 14.5 Å². The zero-order valence-electron chi connectivity index (χ0n) is 15.3. The van der Waals surface area contributed by atoms with Crippen LogP contribution < -0.4 is 0 Å². The van der Waals surface area contributed by atoms with Crippen LogP contribution in [0.3, 0.4) is 0 Å². The smallest absolute Gasteiger partial charge is 0.407 e. The number of rotatable bonds is 1. The standard InChI is InChI=1S/C19H23N3O3S/c1-18(2,3)26(25)21-16-15-10-13(12-20)4-5-14(15)11-19(16)6-8-22(9-7-19)17(23)24/h4-5,10H,6-9,11H2,1-3H3,(H,23,24). The van der Waals surface area contributed by atoms with Gasteiger partial charge in [-0.1, -0.05) is 10.5 Å². The van der Waals surface area contributed by atoms with E-state index in [-0.39, 0.29) is 5.41 Å². The number of nitrogens with zero attached hydrogens (tertiary/aromatic N) is 3. The van der Waals surface area contributed by atoms with Gasteiger partial charge < -0.3 is 14.6 Å². The van der Waals surface area contributed by atoms with E-state index in [1.54, 1.807) is 6.07 Å². The van der Waals surface area contributed by atoms with Gasteiger partial charge in [0.2, 0.25) is 0 Å². The number of carbonyl (C=O) groups is 1. The minimum Gasteiger partial charge on any atom is -0.591 e. The van der Waals surface area contributed by atoms with Crippen molar-refractivity contribution in [2.75, 3.05) is 13.1 Å². The molecule has 138 valence electrons. The average molecular weight is 373 g/mol. The van der Waals surface area contributed by atoms with Crippen molar-refractivity contribution in [1.29, 1.82) is 5.26 Å². The Morgan fingerprint density at radius 3 is 2.58 bits per heavy atom. The molecule has 26 heavy (non-hydrogen) atoms. The van der Waals surface area contributed by atoms with E-state index in [2.05, 4.69) is 10.5 Å². The maximum absolute atomic E-state index is 12.7. The zero-order chi connectivity index (χ0) is 19.1. The maximum Gasteiger partial charge on any atom is 0.407 e. The molecule has 1 unspecified atom stereocenters. The predicted octanol–water partition coefficient (Wildman–Crippen LogP) is 3.13. The Morgan fingerprint density at radius 2 is 2.04 bits per heavy atom. The largest absolute Gasteiger partial charge is 0.591 e. The van der Waals surface area contributed by atoms with E-state index in [0.29, 0.717) is 31.5 Å². The summed E-state index contributed by atoms with van der Waals surface area (Å²) in [5.74, 6) is 0. The van der Waals surface area contributed by atoms with Crippen LogP contribution in [0.25, 0.3) is 0 Å². The topological polar surface area (TPSA) is 99.8 Å². The second-order valence-electron chi connectivity index (χ2n) is 8.01. The lowest BCUT2D eigenvalue weighted by atomic mass is 9.74. The molecule has 6 nitrogen and oxygen atoms in total. The molecule has 1 aliphatic heterocycles. The van der Waals surface area contributed by atoms with Crippen LogP contribution in [0.4, 0.5) is 4.79 Å². The Kier molecular flexibility index (Phi) is 4.76. The molecule has 0 saturated carbocycles. The molecule has 1 aromatic rings. The van der Waals surface area contributed by atoms with Crippen LogP contribution in [0.1, 0.15) is 50.3 Å². The lowest BCUT2D eigenvalue weighted by molar-refractivity contribution is 0.115. The number of fused-ring (bicyclic) bond motifs is 1. The first-order valence-corrected chi connectivity index (χ1v) is 9.79. The molecule has 1 aliphatic carbocycles. The Bertz CT molecular complexity index is 799. The molecule has 0 radical (unpaired) electrons. The molecule has 1 spiro atoms. The minimum absolute atomic E-state index is 0.302. The third kappa shape index (κ3) is 3.31. The van der Waals surface area contributed by atoms with Gasteiger partial charge in [0.1, 0.15) is 21.8 Å². The van der Waals surface area contributed by atoms with Crippen molar-refractivity contribution in [3.63, 3.8) is 0 Å². The summed E-state index contributed by atoms with van der Waals surface area (Å²) in [7, 11) is 0. The molecule has 1 aromatic carbocycles. The van der Waals surface area contributed by atoms with E-state index in [1.165, 1.54) is 4.90 Å². The predicted molar refractivity (Wildman–Crippen MR) is 101 cm³/mol.